The zero-order valence-electron chi connectivity index (χ0n) is 16.0. The van der Waals surface area contributed by atoms with Crippen molar-refractivity contribution in [3.63, 3.8) is 0 Å². The molecular formula is C20H24N2O5. The number of benzene rings is 1. The highest BCUT2D eigenvalue weighted by Crippen LogP contribution is 2.38. The number of ether oxygens (including phenoxy) is 1. The molecule has 0 N–H and O–H groups in total. The van der Waals surface area contributed by atoms with Crippen LogP contribution in [0.5, 0.6) is 0 Å². The molecular weight excluding hydrogens is 348 g/mol. The van der Waals surface area contributed by atoms with Crippen LogP contribution < -0.4 is 0 Å². The predicted octanol–water partition coefficient (Wildman–Crippen LogP) is 3.18. The van der Waals surface area contributed by atoms with Gasteiger partial charge in [0.05, 0.1) is 12.2 Å². The summed E-state index contributed by atoms with van der Waals surface area (Å²) in [5, 5.41) is 0. The number of allylic oxidation sites excluding steroid dienone is 1. The quantitative estimate of drug-likeness (QED) is 0.741. The van der Waals surface area contributed by atoms with Crippen molar-refractivity contribution in [2.75, 3.05) is 6.61 Å². The molecule has 0 spiro atoms. The van der Waals surface area contributed by atoms with Gasteiger partial charge in [-0.05, 0) is 19.4 Å². The van der Waals surface area contributed by atoms with Crippen molar-refractivity contribution in [1.29, 1.82) is 0 Å². The molecule has 2 rings (SSSR count). The van der Waals surface area contributed by atoms with Crippen molar-refractivity contribution in [3.05, 3.63) is 47.2 Å². The first-order valence-corrected chi connectivity index (χ1v) is 9.00. The van der Waals surface area contributed by atoms with Gasteiger partial charge in [-0.3, -0.25) is 14.5 Å². The van der Waals surface area contributed by atoms with Gasteiger partial charge in [0, 0.05) is 18.5 Å². The first kappa shape index (κ1) is 20.4. The number of carbonyl (C=O) groups excluding carboxylic acids is 4. The summed E-state index contributed by atoms with van der Waals surface area (Å²) in [6, 6.07) is 7.11. The highest BCUT2D eigenvalue weighted by Gasteiger charge is 2.46. The molecule has 1 aromatic rings. The van der Waals surface area contributed by atoms with Crippen LogP contribution in [-0.4, -0.2) is 40.2 Å². The molecule has 4 amide bonds. The average molecular weight is 372 g/mol. The number of amides is 4. The second-order valence-electron chi connectivity index (χ2n) is 6.02. The fourth-order valence-corrected chi connectivity index (χ4v) is 3.10. The van der Waals surface area contributed by atoms with Crippen molar-refractivity contribution in [1.82, 2.24) is 9.80 Å². The lowest BCUT2D eigenvalue weighted by molar-refractivity contribution is -0.140. The van der Waals surface area contributed by atoms with E-state index in [-0.39, 0.29) is 30.7 Å². The zero-order chi connectivity index (χ0) is 20.1. The number of imide groups is 2. The van der Waals surface area contributed by atoms with Crippen LogP contribution in [0, 0.1) is 0 Å². The summed E-state index contributed by atoms with van der Waals surface area (Å²) in [4.78, 5) is 52.7. The van der Waals surface area contributed by atoms with Gasteiger partial charge in [-0.2, -0.15) is 0 Å². The van der Waals surface area contributed by atoms with Crippen LogP contribution in [0.15, 0.2) is 41.6 Å². The Morgan fingerprint density at radius 3 is 2.11 bits per heavy atom. The largest absolute Gasteiger partial charge is 0.463 e. The summed E-state index contributed by atoms with van der Waals surface area (Å²) >= 11 is 0. The van der Waals surface area contributed by atoms with E-state index < -0.39 is 29.9 Å². The highest BCUT2D eigenvalue weighted by molar-refractivity contribution is 6.08. The molecule has 0 saturated carbocycles. The molecule has 0 aliphatic carbocycles. The Labute approximate surface area is 158 Å². The number of nitrogens with zero attached hydrogens (tertiary/aromatic N) is 2. The van der Waals surface area contributed by atoms with Crippen molar-refractivity contribution >= 4 is 23.8 Å². The molecule has 27 heavy (non-hydrogen) atoms. The number of hydrogen-bond donors (Lipinski definition) is 0. The van der Waals surface area contributed by atoms with Crippen LogP contribution in [-0.2, 0) is 19.1 Å². The van der Waals surface area contributed by atoms with Gasteiger partial charge < -0.3 is 4.74 Å². The van der Waals surface area contributed by atoms with E-state index in [2.05, 4.69) is 0 Å². The first-order valence-electron chi connectivity index (χ1n) is 9.00. The van der Waals surface area contributed by atoms with Gasteiger partial charge in [0.2, 0.25) is 11.8 Å². The van der Waals surface area contributed by atoms with Crippen LogP contribution in [0.2, 0.25) is 0 Å². The van der Waals surface area contributed by atoms with Gasteiger partial charge in [0.1, 0.15) is 6.04 Å². The molecule has 1 heterocycles. The Morgan fingerprint density at radius 2 is 1.59 bits per heavy atom. The summed E-state index contributed by atoms with van der Waals surface area (Å²) in [5.74, 6) is -1.61. The molecule has 1 aromatic carbocycles. The van der Waals surface area contributed by atoms with Crippen LogP contribution in [0.25, 0.3) is 0 Å². The van der Waals surface area contributed by atoms with Gasteiger partial charge in [0.25, 0.3) is 0 Å². The van der Waals surface area contributed by atoms with Crippen LogP contribution in [0.4, 0.5) is 4.79 Å². The van der Waals surface area contributed by atoms with E-state index in [1.807, 2.05) is 0 Å². The van der Waals surface area contributed by atoms with Gasteiger partial charge >= 0.3 is 12.0 Å². The van der Waals surface area contributed by atoms with Gasteiger partial charge in [-0.25, -0.2) is 14.5 Å². The van der Waals surface area contributed by atoms with Gasteiger partial charge in [0.15, 0.2) is 0 Å². The average Bonchev–Trinajstić information content (AvgIpc) is 2.67. The SMILES string of the molecule is CCOC(=O)C1=C(C)N(C(=O)CC)C(=O)N(C(=O)CC)C1c1ccccc1. The lowest BCUT2D eigenvalue weighted by Gasteiger charge is -2.40. The predicted molar refractivity (Wildman–Crippen MR) is 98.2 cm³/mol. The number of urea groups is 1. The number of hydrogen-bond acceptors (Lipinski definition) is 5. The molecule has 0 bridgehead atoms. The van der Waals surface area contributed by atoms with Crippen molar-refractivity contribution in [3.8, 4) is 0 Å². The molecule has 1 aliphatic rings. The second kappa shape index (κ2) is 8.62. The Morgan fingerprint density at radius 1 is 1.00 bits per heavy atom. The molecule has 7 heteroatoms. The van der Waals surface area contributed by atoms with E-state index in [9.17, 15) is 19.2 Å². The molecule has 1 atom stereocenters. The molecule has 1 unspecified atom stereocenters. The summed E-state index contributed by atoms with van der Waals surface area (Å²) in [7, 11) is 0. The number of rotatable bonds is 5. The zero-order valence-corrected chi connectivity index (χ0v) is 16.0. The molecule has 0 fully saturated rings. The summed E-state index contributed by atoms with van der Waals surface area (Å²) < 4.78 is 5.18. The van der Waals surface area contributed by atoms with Crippen LogP contribution in [0.3, 0.4) is 0 Å². The van der Waals surface area contributed by atoms with Crippen LogP contribution >= 0.6 is 0 Å². The summed E-state index contributed by atoms with van der Waals surface area (Å²) in [6.07, 6.45) is 0.113. The summed E-state index contributed by atoms with van der Waals surface area (Å²) in [6.45, 7) is 6.57. The minimum atomic E-state index is -0.939. The van der Waals surface area contributed by atoms with Crippen molar-refractivity contribution in [2.24, 2.45) is 0 Å². The van der Waals surface area contributed by atoms with E-state index in [0.29, 0.717) is 5.56 Å². The third kappa shape index (κ3) is 3.77. The van der Waals surface area contributed by atoms with Crippen LogP contribution in [0.1, 0.15) is 52.1 Å². The van der Waals surface area contributed by atoms with E-state index in [1.165, 1.54) is 6.92 Å². The standard InChI is InChI=1S/C20H24N2O5/c1-5-15(23)21-13(4)17(19(25)27-7-3)18(14-11-9-8-10-12-14)22(20(21)26)16(24)6-2/h8-12,18H,5-7H2,1-4H3. The van der Waals surface area contributed by atoms with Crippen molar-refractivity contribution in [2.45, 2.75) is 46.6 Å². The fraction of sp³-hybridized carbons (Fsp3) is 0.400. The third-order valence-electron chi connectivity index (χ3n) is 4.39. The number of esters is 1. The minimum absolute atomic E-state index is 0.0540. The molecule has 0 radical (unpaired) electrons. The normalized spacial score (nSPS) is 17.2. The van der Waals surface area contributed by atoms with Gasteiger partial charge in [-0.15, -0.1) is 0 Å². The minimum Gasteiger partial charge on any atom is -0.463 e. The second-order valence-corrected chi connectivity index (χ2v) is 6.02. The Hall–Kier alpha value is -2.96. The maximum absolute atomic E-state index is 13.1. The topological polar surface area (TPSA) is 84.0 Å². The number of carbonyl (C=O) groups is 4. The van der Waals surface area contributed by atoms with E-state index >= 15 is 0 Å². The molecule has 7 nitrogen and oxygen atoms in total. The highest BCUT2D eigenvalue weighted by atomic mass is 16.5. The smallest absolute Gasteiger partial charge is 0.338 e. The maximum atomic E-state index is 13.1. The molecule has 0 aromatic heterocycles. The Balaban J connectivity index is 2.77. The fourth-order valence-electron chi connectivity index (χ4n) is 3.10. The lowest BCUT2D eigenvalue weighted by Crippen LogP contribution is -2.54. The van der Waals surface area contributed by atoms with E-state index in [1.54, 1.807) is 51.1 Å². The lowest BCUT2D eigenvalue weighted by atomic mass is 9.92. The Bertz CT molecular complexity index is 785. The van der Waals surface area contributed by atoms with Gasteiger partial charge in [-0.1, -0.05) is 44.2 Å². The first-order chi connectivity index (χ1) is 12.9. The monoisotopic (exact) mass is 372 g/mol. The molecule has 1 aliphatic heterocycles. The molecule has 144 valence electrons. The van der Waals surface area contributed by atoms with E-state index in [4.69, 9.17) is 4.74 Å². The third-order valence-corrected chi connectivity index (χ3v) is 4.39. The maximum Gasteiger partial charge on any atom is 0.338 e. The van der Waals surface area contributed by atoms with Crippen molar-refractivity contribution < 1.29 is 23.9 Å². The van der Waals surface area contributed by atoms with E-state index in [0.717, 1.165) is 9.80 Å². The summed E-state index contributed by atoms with van der Waals surface area (Å²) in [5.41, 5.74) is 0.907. The molecule has 0 saturated heterocycles. The Kier molecular flexibility index (Phi) is 6.50.